The van der Waals surface area contributed by atoms with Crippen LogP contribution in [0.3, 0.4) is 0 Å². The molecule has 0 atom stereocenters. The Morgan fingerprint density at radius 1 is 1.29 bits per heavy atom. The van der Waals surface area contributed by atoms with Gasteiger partial charge in [0.25, 0.3) is 0 Å². The van der Waals surface area contributed by atoms with Gasteiger partial charge in [0.05, 0.1) is 5.71 Å². The molecule has 0 saturated carbocycles. The molecule has 21 heavy (non-hydrogen) atoms. The molecule has 1 rings (SSSR count). The molecule has 1 aromatic carbocycles. The highest BCUT2D eigenvalue weighted by molar-refractivity contribution is 7.80. The molecular formula is C14H19F2N3OS. The van der Waals surface area contributed by atoms with Crippen molar-refractivity contribution in [2.75, 3.05) is 0 Å². The maximum Gasteiger partial charge on any atom is 0.387 e. The van der Waals surface area contributed by atoms with Crippen molar-refractivity contribution in [3.63, 3.8) is 0 Å². The molecular weight excluding hydrogens is 296 g/mol. The van der Waals surface area contributed by atoms with Crippen molar-refractivity contribution in [3.8, 4) is 5.75 Å². The molecule has 0 fully saturated rings. The van der Waals surface area contributed by atoms with Crippen molar-refractivity contribution >= 4 is 23.0 Å². The van der Waals surface area contributed by atoms with Crippen LogP contribution < -0.4 is 15.5 Å². The molecule has 2 N–H and O–H groups in total. The highest BCUT2D eigenvalue weighted by Gasteiger charge is 2.06. The van der Waals surface area contributed by atoms with Gasteiger partial charge in [0.2, 0.25) is 0 Å². The van der Waals surface area contributed by atoms with Crippen molar-refractivity contribution in [1.29, 1.82) is 0 Å². The SMILES string of the molecule is CCC(=NNC(=S)NC(C)C)c1ccc(OC(F)F)cc1. The summed E-state index contributed by atoms with van der Waals surface area (Å²) >= 11 is 5.08. The number of benzene rings is 1. The van der Waals surface area contributed by atoms with Crippen LogP contribution in [0.15, 0.2) is 29.4 Å². The predicted octanol–water partition coefficient (Wildman–Crippen LogP) is 3.27. The molecule has 0 aliphatic carbocycles. The second kappa shape index (κ2) is 8.51. The summed E-state index contributed by atoms with van der Waals surface area (Å²) in [5.74, 6) is 0.120. The first-order chi connectivity index (χ1) is 9.92. The molecule has 7 heteroatoms. The quantitative estimate of drug-likeness (QED) is 0.480. The van der Waals surface area contributed by atoms with Gasteiger partial charge in [-0.25, -0.2) is 0 Å². The van der Waals surface area contributed by atoms with Crippen LogP contribution in [0.25, 0.3) is 0 Å². The number of nitrogens with zero attached hydrogens (tertiary/aromatic N) is 1. The van der Waals surface area contributed by atoms with Crippen LogP contribution in [0, 0.1) is 0 Å². The molecule has 4 nitrogen and oxygen atoms in total. The molecule has 0 aliphatic heterocycles. The summed E-state index contributed by atoms with van der Waals surface area (Å²) in [5, 5.41) is 7.68. The van der Waals surface area contributed by atoms with E-state index in [1.54, 1.807) is 12.1 Å². The second-order valence-electron chi connectivity index (χ2n) is 4.55. The van der Waals surface area contributed by atoms with Gasteiger partial charge >= 0.3 is 6.61 Å². The molecule has 0 unspecified atom stereocenters. The summed E-state index contributed by atoms with van der Waals surface area (Å²) in [6.45, 7) is 3.07. The molecule has 1 aromatic rings. The first kappa shape index (κ1) is 17.3. The lowest BCUT2D eigenvalue weighted by molar-refractivity contribution is -0.0498. The second-order valence-corrected chi connectivity index (χ2v) is 4.96. The maximum atomic E-state index is 12.1. The van der Waals surface area contributed by atoms with E-state index in [0.29, 0.717) is 11.5 Å². The normalized spacial score (nSPS) is 11.7. The average Bonchev–Trinajstić information content (AvgIpc) is 2.39. The van der Waals surface area contributed by atoms with E-state index in [4.69, 9.17) is 12.2 Å². The minimum atomic E-state index is -2.82. The first-order valence-corrected chi connectivity index (χ1v) is 7.01. The standard InChI is InChI=1S/C14H19F2N3OS/c1-4-12(18-19-14(21)17-9(2)3)10-5-7-11(8-6-10)20-13(15)16/h5-9,13H,4H2,1-3H3,(H2,17,19,21). The largest absolute Gasteiger partial charge is 0.435 e. The van der Waals surface area contributed by atoms with E-state index in [9.17, 15) is 8.78 Å². The van der Waals surface area contributed by atoms with Gasteiger partial charge in [-0.3, -0.25) is 5.43 Å². The highest BCUT2D eigenvalue weighted by atomic mass is 32.1. The number of hydrogen-bond donors (Lipinski definition) is 2. The van der Waals surface area contributed by atoms with Crippen molar-refractivity contribution in [2.45, 2.75) is 39.8 Å². The van der Waals surface area contributed by atoms with E-state index in [0.717, 1.165) is 11.3 Å². The molecule has 0 heterocycles. The topological polar surface area (TPSA) is 45.7 Å². The van der Waals surface area contributed by atoms with Crippen molar-refractivity contribution in [3.05, 3.63) is 29.8 Å². The van der Waals surface area contributed by atoms with Crippen LogP contribution in [-0.2, 0) is 0 Å². The Bertz CT molecular complexity index is 489. The van der Waals surface area contributed by atoms with E-state index < -0.39 is 6.61 Å². The van der Waals surface area contributed by atoms with Gasteiger partial charge in [-0.1, -0.05) is 6.92 Å². The fourth-order valence-corrected chi connectivity index (χ4v) is 1.87. The third-order valence-corrected chi connectivity index (χ3v) is 2.67. The lowest BCUT2D eigenvalue weighted by Crippen LogP contribution is -2.37. The van der Waals surface area contributed by atoms with Gasteiger partial charge in [-0.2, -0.15) is 13.9 Å². The molecule has 0 aliphatic rings. The predicted molar refractivity (Wildman–Crippen MR) is 83.9 cm³/mol. The van der Waals surface area contributed by atoms with Crippen molar-refractivity contribution in [1.82, 2.24) is 10.7 Å². The van der Waals surface area contributed by atoms with Gasteiger partial charge in [0.1, 0.15) is 5.75 Å². The van der Waals surface area contributed by atoms with Gasteiger partial charge in [-0.05, 0) is 62.3 Å². The number of ether oxygens (including phenoxy) is 1. The smallest absolute Gasteiger partial charge is 0.387 e. The Labute approximate surface area is 128 Å². The van der Waals surface area contributed by atoms with Crippen molar-refractivity contribution < 1.29 is 13.5 Å². The van der Waals surface area contributed by atoms with Gasteiger partial charge in [0, 0.05) is 6.04 Å². The van der Waals surface area contributed by atoms with E-state index in [2.05, 4.69) is 20.6 Å². The number of thiocarbonyl (C=S) groups is 1. The van der Waals surface area contributed by atoms with E-state index in [1.165, 1.54) is 12.1 Å². The molecule has 0 radical (unpaired) electrons. The van der Waals surface area contributed by atoms with Crippen LogP contribution in [0.1, 0.15) is 32.8 Å². The summed E-state index contributed by atoms with van der Waals surface area (Å²) in [4.78, 5) is 0. The monoisotopic (exact) mass is 315 g/mol. The van der Waals surface area contributed by atoms with E-state index in [1.807, 2.05) is 20.8 Å². The first-order valence-electron chi connectivity index (χ1n) is 6.60. The van der Waals surface area contributed by atoms with Crippen LogP contribution in [0.2, 0.25) is 0 Å². The lowest BCUT2D eigenvalue weighted by atomic mass is 10.1. The highest BCUT2D eigenvalue weighted by Crippen LogP contribution is 2.16. The number of nitrogens with one attached hydrogen (secondary N) is 2. The fourth-order valence-electron chi connectivity index (χ4n) is 1.59. The molecule has 116 valence electrons. The lowest BCUT2D eigenvalue weighted by Gasteiger charge is -2.11. The summed E-state index contributed by atoms with van der Waals surface area (Å²) in [5.41, 5.74) is 4.36. The maximum absolute atomic E-state index is 12.1. The Morgan fingerprint density at radius 2 is 1.90 bits per heavy atom. The zero-order chi connectivity index (χ0) is 15.8. The Morgan fingerprint density at radius 3 is 2.38 bits per heavy atom. The molecule has 0 aromatic heterocycles. The zero-order valence-electron chi connectivity index (χ0n) is 12.2. The summed E-state index contributed by atoms with van der Waals surface area (Å²) in [6, 6.07) is 6.55. The summed E-state index contributed by atoms with van der Waals surface area (Å²) in [6.07, 6.45) is 0.673. The molecule has 0 saturated heterocycles. The van der Waals surface area contributed by atoms with Gasteiger partial charge < -0.3 is 10.1 Å². The van der Waals surface area contributed by atoms with Crippen molar-refractivity contribution in [2.24, 2.45) is 5.10 Å². The Hall–Kier alpha value is -1.76. The summed E-state index contributed by atoms with van der Waals surface area (Å²) < 4.78 is 28.5. The van der Waals surface area contributed by atoms with E-state index >= 15 is 0 Å². The average molecular weight is 315 g/mol. The minimum absolute atomic E-state index is 0.120. The van der Waals surface area contributed by atoms with Gasteiger partial charge in [-0.15, -0.1) is 0 Å². The fraction of sp³-hybridized carbons (Fsp3) is 0.429. The number of halogens is 2. The molecule has 0 amide bonds. The third kappa shape index (κ3) is 6.48. The Kier molecular flexibility index (Phi) is 7.01. The number of hydrazone groups is 1. The van der Waals surface area contributed by atoms with Gasteiger partial charge in [0.15, 0.2) is 5.11 Å². The van der Waals surface area contributed by atoms with Crippen LogP contribution >= 0.6 is 12.2 Å². The number of hydrogen-bond acceptors (Lipinski definition) is 3. The van der Waals surface area contributed by atoms with Crippen LogP contribution in [-0.4, -0.2) is 23.5 Å². The Balaban J connectivity index is 2.73. The minimum Gasteiger partial charge on any atom is -0.435 e. The molecule has 0 bridgehead atoms. The third-order valence-electron chi connectivity index (χ3n) is 2.46. The van der Waals surface area contributed by atoms with E-state index in [-0.39, 0.29) is 11.8 Å². The molecule has 0 spiro atoms. The van der Waals surface area contributed by atoms with Crippen LogP contribution in [0.4, 0.5) is 8.78 Å². The zero-order valence-corrected chi connectivity index (χ0v) is 13.0. The number of rotatable bonds is 6. The summed E-state index contributed by atoms with van der Waals surface area (Å²) in [7, 11) is 0. The van der Waals surface area contributed by atoms with Crippen LogP contribution in [0.5, 0.6) is 5.75 Å². The number of alkyl halides is 2.